The van der Waals surface area contributed by atoms with E-state index in [2.05, 4.69) is 20.6 Å². The largest absolute Gasteiger partial charge is 0.365 e. The maximum Gasteiger partial charge on any atom is 0.252 e. The summed E-state index contributed by atoms with van der Waals surface area (Å²) >= 11 is 0. The highest BCUT2D eigenvalue weighted by Gasteiger charge is 2.25. The van der Waals surface area contributed by atoms with Crippen LogP contribution in [-0.2, 0) is 0 Å². The van der Waals surface area contributed by atoms with Gasteiger partial charge in [0.25, 0.3) is 5.91 Å². The van der Waals surface area contributed by atoms with Crippen molar-refractivity contribution in [3.63, 3.8) is 0 Å². The van der Waals surface area contributed by atoms with E-state index in [0.29, 0.717) is 11.6 Å². The Morgan fingerprint density at radius 3 is 2.50 bits per heavy atom. The molecular weight excluding hydrogens is 383 g/mol. The summed E-state index contributed by atoms with van der Waals surface area (Å²) in [6.45, 7) is 0. The van der Waals surface area contributed by atoms with Gasteiger partial charge in [-0.15, -0.1) is 0 Å². The maximum atomic E-state index is 14.7. The molecule has 1 amide bonds. The molecule has 0 saturated heterocycles. The number of pyridine rings is 2. The Bertz CT molecular complexity index is 914. The fraction of sp³-hybridized carbons (Fsp3) is 0.500. The van der Waals surface area contributed by atoms with Crippen molar-refractivity contribution in [2.75, 3.05) is 10.6 Å². The highest BCUT2D eigenvalue weighted by atomic mass is 19.1. The van der Waals surface area contributed by atoms with E-state index in [-0.39, 0.29) is 29.3 Å². The number of nitrogens with two attached hydrogens (primary N) is 2. The topological polar surface area (TPSA) is 119 Å². The highest BCUT2D eigenvalue weighted by Crippen LogP contribution is 2.35. The zero-order valence-electron chi connectivity index (χ0n) is 17.0. The summed E-state index contributed by atoms with van der Waals surface area (Å²) in [7, 11) is 0. The van der Waals surface area contributed by atoms with E-state index in [1.165, 1.54) is 12.8 Å². The molecule has 160 valence electrons. The van der Waals surface area contributed by atoms with Crippen molar-refractivity contribution in [2.45, 2.75) is 69.4 Å². The first kappa shape index (κ1) is 20.5. The quantitative estimate of drug-likeness (QED) is 0.573. The number of amides is 1. The monoisotopic (exact) mass is 412 g/mol. The van der Waals surface area contributed by atoms with Crippen molar-refractivity contribution in [3.8, 4) is 0 Å². The SMILES string of the molecule is NC(=O)c1cc(F)c(N[C@@H]2CCCC[C@@H]2N)nc1Nc1cncc(C2CCCC2)c1. The normalized spacial score (nSPS) is 22.1. The fourth-order valence-corrected chi connectivity index (χ4v) is 4.53. The first-order valence-electron chi connectivity index (χ1n) is 10.8. The molecule has 6 N–H and O–H groups in total. The van der Waals surface area contributed by atoms with E-state index in [0.717, 1.165) is 50.2 Å². The molecule has 8 heteroatoms. The summed E-state index contributed by atoms with van der Waals surface area (Å²) in [5.41, 5.74) is 13.5. The first-order chi connectivity index (χ1) is 14.5. The summed E-state index contributed by atoms with van der Waals surface area (Å²) in [5, 5.41) is 6.25. The molecule has 2 heterocycles. The number of halogens is 1. The van der Waals surface area contributed by atoms with Gasteiger partial charge in [-0.3, -0.25) is 9.78 Å². The summed E-state index contributed by atoms with van der Waals surface area (Å²) in [4.78, 5) is 20.6. The lowest BCUT2D eigenvalue weighted by Crippen LogP contribution is -2.43. The molecule has 30 heavy (non-hydrogen) atoms. The molecule has 7 nitrogen and oxygen atoms in total. The van der Waals surface area contributed by atoms with Gasteiger partial charge < -0.3 is 22.1 Å². The molecule has 2 saturated carbocycles. The number of nitrogens with zero attached hydrogens (tertiary/aromatic N) is 2. The number of aromatic nitrogens is 2. The van der Waals surface area contributed by atoms with Crippen LogP contribution in [0.2, 0.25) is 0 Å². The third-order valence-corrected chi connectivity index (χ3v) is 6.23. The van der Waals surface area contributed by atoms with E-state index in [1.54, 1.807) is 6.20 Å². The Morgan fingerprint density at radius 2 is 1.77 bits per heavy atom. The molecule has 4 rings (SSSR count). The van der Waals surface area contributed by atoms with Crippen molar-refractivity contribution in [1.82, 2.24) is 9.97 Å². The van der Waals surface area contributed by atoms with Crippen molar-refractivity contribution >= 4 is 23.2 Å². The van der Waals surface area contributed by atoms with Crippen LogP contribution in [0.3, 0.4) is 0 Å². The Morgan fingerprint density at radius 1 is 1.03 bits per heavy atom. The molecular formula is C22H29FN6O. The van der Waals surface area contributed by atoms with Crippen LogP contribution in [0.15, 0.2) is 24.5 Å². The minimum absolute atomic E-state index is 0.00254. The van der Waals surface area contributed by atoms with Gasteiger partial charge in [0.1, 0.15) is 5.82 Å². The van der Waals surface area contributed by atoms with Crippen LogP contribution in [0.5, 0.6) is 0 Å². The van der Waals surface area contributed by atoms with Crippen molar-refractivity contribution < 1.29 is 9.18 Å². The predicted octanol–water partition coefficient (Wildman–Crippen LogP) is 3.80. The fourth-order valence-electron chi connectivity index (χ4n) is 4.53. The van der Waals surface area contributed by atoms with Crippen LogP contribution < -0.4 is 22.1 Å². The van der Waals surface area contributed by atoms with E-state index in [4.69, 9.17) is 11.5 Å². The van der Waals surface area contributed by atoms with E-state index >= 15 is 0 Å². The second kappa shape index (κ2) is 8.95. The summed E-state index contributed by atoms with van der Waals surface area (Å²) in [6.07, 6.45) is 12.2. The number of carbonyl (C=O) groups is 1. The van der Waals surface area contributed by atoms with Crippen molar-refractivity contribution in [1.29, 1.82) is 0 Å². The van der Waals surface area contributed by atoms with Gasteiger partial charge in [-0.25, -0.2) is 9.37 Å². The molecule has 2 aromatic heterocycles. The molecule has 2 atom stereocenters. The number of anilines is 3. The van der Waals surface area contributed by atoms with Crippen LogP contribution in [0.1, 0.15) is 73.2 Å². The minimum atomic E-state index is -0.746. The highest BCUT2D eigenvalue weighted by molar-refractivity contribution is 5.98. The number of nitrogens with one attached hydrogen (secondary N) is 2. The van der Waals surface area contributed by atoms with Crippen LogP contribution >= 0.6 is 0 Å². The van der Waals surface area contributed by atoms with Crippen molar-refractivity contribution in [2.24, 2.45) is 11.5 Å². The molecule has 2 aliphatic carbocycles. The standard InChI is InChI=1S/C22H29FN6O/c23-17-10-16(20(25)30)21(29-22(17)28-19-8-4-3-7-18(19)24)27-15-9-14(11-26-12-15)13-5-1-2-6-13/h9-13,18-19H,1-8,24H2,(H2,25,30)(H2,27,28,29)/t18-,19+/m0/s1. The maximum absolute atomic E-state index is 14.7. The lowest BCUT2D eigenvalue weighted by molar-refractivity contribution is 0.100. The van der Waals surface area contributed by atoms with Gasteiger partial charge in [-0.1, -0.05) is 25.7 Å². The number of hydrogen-bond donors (Lipinski definition) is 4. The molecule has 0 unspecified atom stereocenters. The van der Waals surface area contributed by atoms with Crippen LogP contribution in [-0.4, -0.2) is 28.0 Å². The molecule has 0 aromatic carbocycles. The Kier molecular flexibility index (Phi) is 6.13. The van der Waals surface area contributed by atoms with Crippen molar-refractivity contribution in [3.05, 3.63) is 41.5 Å². The number of hydrogen-bond acceptors (Lipinski definition) is 6. The van der Waals surface area contributed by atoms with E-state index in [9.17, 15) is 9.18 Å². The zero-order valence-corrected chi connectivity index (χ0v) is 17.0. The second-order valence-corrected chi connectivity index (χ2v) is 8.39. The Hall–Kier alpha value is -2.74. The van der Waals surface area contributed by atoms with Gasteiger partial charge in [0, 0.05) is 18.3 Å². The molecule has 0 aliphatic heterocycles. The van der Waals surface area contributed by atoms with Gasteiger partial charge in [0.05, 0.1) is 17.4 Å². The summed E-state index contributed by atoms with van der Waals surface area (Å²) in [5.74, 6) is -0.582. The van der Waals surface area contributed by atoms with Crippen LogP contribution in [0.25, 0.3) is 0 Å². The average Bonchev–Trinajstić information content (AvgIpc) is 3.27. The van der Waals surface area contributed by atoms with Gasteiger partial charge in [-0.05, 0) is 49.3 Å². The second-order valence-electron chi connectivity index (χ2n) is 8.39. The van der Waals surface area contributed by atoms with Crippen LogP contribution in [0.4, 0.5) is 21.7 Å². The van der Waals surface area contributed by atoms with E-state index < -0.39 is 11.7 Å². The van der Waals surface area contributed by atoms with Crippen LogP contribution in [0, 0.1) is 5.82 Å². The lowest BCUT2D eigenvalue weighted by atomic mass is 9.91. The number of carbonyl (C=O) groups excluding carboxylic acids is 1. The number of primary amides is 1. The van der Waals surface area contributed by atoms with Gasteiger partial charge in [-0.2, -0.15) is 0 Å². The number of rotatable bonds is 6. The lowest BCUT2D eigenvalue weighted by Gasteiger charge is -2.30. The molecule has 0 radical (unpaired) electrons. The Labute approximate surface area is 175 Å². The summed E-state index contributed by atoms with van der Waals surface area (Å²) in [6, 6.07) is 3.03. The average molecular weight is 413 g/mol. The first-order valence-corrected chi connectivity index (χ1v) is 10.8. The van der Waals surface area contributed by atoms with Gasteiger partial charge in [0.2, 0.25) is 0 Å². The molecule has 0 spiro atoms. The summed E-state index contributed by atoms with van der Waals surface area (Å²) < 4.78 is 14.7. The van der Waals surface area contributed by atoms with Gasteiger partial charge in [0.15, 0.2) is 11.6 Å². The molecule has 0 bridgehead atoms. The predicted molar refractivity (Wildman–Crippen MR) is 115 cm³/mol. The van der Waals surface area contributed by atoms with Gasteiger partial charge >= 0.3 is 0 Å². The molecule has 2 aromatic rings. The minimum Gasteiger partial charge on any atom is -0.365 e. The Balaban J connectivity index is 1.61. The zero-order chi connectivity index (χ0) is 21.1. The molecule has 2 aliphatic rings. The molecule has 2 fully saturated rings. The third-order valence-electron chi connectivity index (χ3n) is 6.23. The van der Waals surface area contributed by atoms with E-state index in [1.807, 2.05) is 12.3 Å². The third kappa shape index (κ3) is 4.53. The smallest absolute Gasteiger partial charge is 0.252 e.